The number of anilines is 1. The van der Waals surface area contributed by atoms with Crippen LogP contribution in [0.2, 0.25) is 5.02 Å². The number of halogens is 2. The number of hydrogen-bond acceptors (Lipinski definition) is 3. The van der Waals surface area contributed by atoms with Crippen molar-refractivity contribution in [1.29, 1.82) is 0 Å². The van der Waals surface area contributed by atoms with Gasteiger partial charge >= 0.3 is 0 Å². The second-order valence-electron chi connectivity index (χ2n) is 7.02. The summed E-state index contributed by atoms with van der Waals surface area (Å²) >= 11 is 5.74. The third-order valence-electron chi connectivity index (χ3n) is 5.28. The van der Waals surface area contributed by atoms with Gasteiger partial charge in [-0.1, -0.05) is 41.9 Å². The molecule has 2 N–H and O–H groups in total. The molecule has 2 aromatic rings. The molecule has 1 aliphatic heterocycles. The molecule has 1 saturated heterocycles. The first kappa shape index (κ1) is 19.8. The van der Waals surface area contributed by atoms with Crippen LogP contribution in [-0.2, 0) is 4.79 Å². The van der Waals surface area contributed by atoms with E-state index in [0.29, 0.717) is 13.1 Å². The lowest BCUT2D eigenvalue weighted by atomic mass is 9.87. The highest BCUT2D eigenvalue weighted by molar-refractivity contribution is 6.30. The Bertz CT molecular complexity index is 779. The number of nitrogens with one attached hydrogen (secondary N) is 1. The van der Waals surface area contributed by atoms with E-state index in [2.05, 4.69) is 10.2 Å². The van der Waals surface area contributed by atoms with E-state index in [-0.39, 0.29) is 28.6 Å². The van der Waals surface area contributed by atoms with Crippen LogP contribution in [0.25, 0.3) is 0 Å². The van der Waals surface area contributed by atoms with Crippen molar-refractivity contribution in [2.24, 2.45) is 5.92 Å². The molecule has 4 nitrogen and oxygen atoms in total. The zero-order valence-electron chi connectivity index (χ0n) is 15.2. The summed E-state index contributed by atoms with van der Waals surface area (Å²) in [6.45, 7) is 3.25. The monoisotopic (exact) mass is 390 g/mol. The van der Waals surface area contributed by atoms with Crippen LogP contribution in [0, 0.1) is 11.7 Å². The number of rotatable bonds is 5. The lowest BCUT2D eigenvalue weighted by Gasteiger charge is -2.37. The van der Waals surface area contributed by atoms with Gasteiger partial charge in [-0.05, 0) is 62.5 Å². The van der Waals surface area contributed by atoms with Gasteiger partial charge < -0.3 is 10.4 Å². The smallest absolute Gasteiger partial charge is 0.241 e. The Balaban J connectivity index is 1.54. The van der Waals surface area contributed by atoms with E-state index in [1.54, 1.807) is 6.07 Å². The van der Waals surface area contributed by atoms with Crippen molar-refractivity contribution in [3.8, 4) is 0 Å². The SMILES string of the molecule is CC(C(=O)Nc1ccc(Cl)cc1F)N1CCC(C(O)c2ccccc2)CC1. The molecular weight excluding hydrogens is 367 g/mol. The summed E-state index contributed by atoms with van der Waals surface area (Å²) in [6, 6.07) is 13.5. The third-order valence-corrected chi connectivity index (χ3v) is 5.51. The zero-order chi connectivity index (χ0) is 19.4. The second kappa shape index (κ2) is 8.83. The minimum atomic E-state index is -0.548. The van der Waals surface area contributed by atoms with Crippen molar-refractivity contribution in [3.05, 3.63) is 64.9 Å². The summed E-state index contributed by atoms with van der Waals surface area (Å²) in [7, 11) is 0. The summed E-state index contributed by atoms with van der Waals surface area (Å²) in [6.07, 6.45) is 1.13. The molecule has 0 bridgehead atoms. The number of piperidine rings is 1. The van der Waals surface area contributed by atoms with Gasteiger partial charge in [-0.3, -0.25) is 9.69 Å². The molecule has 2 unspecified atom stereocenters. The van der Waals surface area contributed by atoms with Crippen LogP contribution in [-0.4, -0.2) is 35.0 Å². The molecule has 2 atom stereocenters. The number of hydrogen-bond donors (Lipinski definition) is 2. The van der Waals surface area contributed by atoms with Crippen molar-refractivity contribution in [2.75, 3.05) is 18.4 Å². The minimum Gasteiger partial charge on any atom is -0.388 e. The quantitative estimate of drug-likeness (QED) is 0.802. The number of amides is 1. The van der Waals surface area contributed by atoms with Gasteiger partial charge in [0.05, 0.1) is 17.8 Å². The van der Waals surface area contributed by atoms with Crippen molar-refractivity contribution in [1.82, 2.24) is 4.90 Å². The van der Waals surface area contributed by atoms with Crippen molar-refractivity contribution in [2.45, 2.75) is 31.9 Å². The molecule has 0 radical (unpaired) electrons. The Hall–Kier alpha value is -1.95. The van der Waals surface area contributed by atoms with E-state index in [4.69, 9.17) is 11.6 Å². The maximum Gasteiger partial charge on any atom is 0.241 e. The van der Waals surface area contributed by atoms with Crippen LogP contribution < -0.4 is 5.32 Å². The normalized spacial score (nSPS) is 18.1. The number of carbonyl (C=O) groups excluding carboxylic acids is 1. The zero-order valence-corrected chi connectivity index (χ0v) is 16.0. The summed E-state index contributed by atoms with van der Waals surface area (Å²) in [5, 5.41) is 13.5. The lowest BCUT2D eigenvalue weighted by Crippen LogP contribution is -2.46. The Kier molecular flexibility index (Phi) is 6.47. The fourth-order valence-electron chi connectivity index (χ4n) is 3.54. The van der Waals surface area contributed by atoms with Crippen LogP contribution >= 0.6 is 11.6 Å². The van der Waals surface area contributed by atoms with E-state index < -0.39 is 11.9 Å². The molecule has 0 aliphatic carbocycles. The molecule has 1 heterocycles. The minimum absolute atomic E-state index is 0.130. The molecule has 144 valence electrons. The molecule has 0 spiro atoms. The molecule has 1 aliphatic rings. The van der Waals surface area contributed by atoms with E-state index in [0.717, 1.165) is 18.4 Å². The maximum absolute atomic E-state index is 13.9. The molecule has 0 saturated carbocycles. The Morgan fingerprint density at radius 1 is 1.22 bits per heavy atom. The fourth-order valence-corrected chi connectivity index (χ4v) is 3.70. The number of nitrogens with zero attached hydrogens (tertiary/aromatic N) is 1. The Morgan fingerprint density at radius 3 is 2.52 bits per heavy atom. The third kappa shape index (κ3) is 4.86. The van der Waals surface area contributed by atoms with Crippen LogP contribution in [0.4, 0.5) is 10.1 Å². The van der Waals surface area contributed by atoms with Crippen molar-refractivity contribution in [3.63, 3.8) is 0 Å². The highest BCUT2D eigenvalue weighted by Crippen LogP contribution is 2.31. The second-order valence-corrected chi connectivity index (χ2v) is 7.45. The number of aliphatic hydroxyl groups excluding tert-OH is 1. The van der Waals surface area contributed by atoms with Gasteiger partial charge in [0.1, 0.15) is 5.82 Å². The maximum atomic E-state index is 13.9. The van der Waals surface area contributed by atoms with Crippen LogP contribution in [0.1, 0.15) is 31.4 Å². The van der Waals surface area contributed by atoms with Crippen LogP contribution in [0.15, 0.2) is 48.5 Å². The average Bonchev–Trinajstić information content (AvgIpc) is 2.69. The number of likely N-dealkylation sites (tertiary alicyclic amines) is 1. The van der Waals surface area contributed by atoms with E-state index in [1.807, 2.05) is 37.3 Å². The highest BCUT2D eigenvalue weighted by atomic mass is 35.5. The van der Waals surface area contributed by atoms with Gasteiger partial charge in [0.15, 0.2) is 0 Å². The van der Waals surface area contributed by atoms with Crippen LogP contribution in [0.3, 0.4) is 0 Å². The molecule has 6 heteroatoms. The largest absolute Gasteiger partial charge is 0.388 e. The number of aliphatic hydroxyl groups is 1. The van der Waals surface area contributed by atoms with Crippen molar-refractivity contribution >= 4 is 23.2 Å². The highest BCUT2D eigenvalue weighted by Gasteiger charge is 2.30. The fraction of sp³-hybridized carbons (Fsp3) is 0.381. The molecule has 27 heavy (non-hydrogen) atoms. The van der Waals surface area contributed by atoms with E-state index >= 15 is 0 Å². The van der Waals surface area contributed by atoms with Gasteiger partial charge in [-0.25, -0.2) is 4.39 Å². The van der Waals surface area contributed by atoms with Crippen LogP contribution in [0.5, 0.6) is 0 Å². The number of benzene rings is 2. The number of carbonyl (C=O) groups is 1. The first-order valence-electron chi connectivity index (χ1n) is 9.18. The van der Waals surface area contributed by atoms with Gasteiger partial charge in [-0.2, -0.15) is 0 Å². The van der Waals surface area contributed by atoms with E-state index in [9.17, 15) is 14.3 Å². The first-order chi connectivity index (χ1) is 13.0. The van der Waals surface area contributed by atoms with Gasteiger partial charge in [0.2, 0.25) is 5.91 Å². The molecule has 1 fully saturated rings. The Labute approximate surface area is 164 Å². The molecule has 0 aromatic heterocycles. The summed E-state index contributed by atoms with van der Waals surface area (Å²) in [5.41, 5.74) is 1.06. The molecular formula is C21H24ClFN2O2. The first-order valence-corrected chi connectivity index (χ1v) is 9.56. The molecule has 3 rings (SSSR count). The summed E-state index contributed by atoms with van der Waals surface area (Å²) in [5.74, 6) is -0.626. The van der Waals surface area contributed by atoms with E-state index in [1.165, 1.54) is 12.1 Å². The molecule has 2 aromatic carbocycles. The summed E-state index contributed by atoms with van der Waals surface area (Å²) < 4.78 is 13.9. The lowest BCUT2D eigenvalue weighted by molar-refractivity contribution is -0.121. The van der Waals surface area contributed by atoms with Crippen molar-refractivity contribution < 1.29 is 14.3 Å². The van der Waals surface area contributed by atoms with Gasteiger partial charge in [0, 0.05) is 5.02 Å². The topological polar surface area (TPSA) is 52.6 Å². The van der Waals surface area contributed by atoms with Gasteiger partial charge in [0.25, 0.3) is 0 Å². The Morgan fingerprint density at radius 2 is 1.89 bits per heavy atom. The standard InChI is InChI=1S/C21H24ClFN2O2/c1-14(21(27)24-19-8-7-17(22)13-18(19)23)25-11-9-16(10-12-25)20(26)15-5-3-2-4-6-15/h2-8,13-14,16,20,26H,9-12H2,1H3,(H,24,27). The predicted octanol–water partition coefficient (Wildman–Crippen LogP) is 4.25. The average molecular weight is 391 g/mol. The molecule has 1 amide bonds. The van der Waals surface area contributed by atoms with Gasteiger partial charge in [-0.15, -0.1) is 0 Å². The summed E-state index contributed by atoms with van der Waals surface area (Å²) in [4.78, 5) is 14.6. The predicted molar refractivity (Wildman–Crippen MR) is 105 cm³/mol.